The number of esters is 1. The van der Waals surface area contributed by atoms with Crippen molar-refractivity contribution in [1.29, 1.82) is 0 Å². The minimum atomic E-state index is -4.91. The first kappa shape index (κ1) is 17.3. The molecule has 0 aromatic carbocycles. The molecule has 1 heterocycles. The molecule has 0 unspecified atom stereocenters. The maximum absolute atomic E-state index is 13.1. The number of halogens is 5. The van der Waals surface area contributed by atoms with Crippen molar-refractivity contribution in [3.63, 3.8) is 0 Å². The van der Waals surface area contributed by atoms with Crippen LogP contribution in [0.1, 0.15) is 35.7 Å². The number of carbonyl (C=O) groups excluding carboxylic acids is 1. The molecule has 0 fully saturated rings. The Bertz CT molecular complexity index is 517. The number of pyridine rings is 1. The third-order valence-electron chi connectivity index (χ3n) is 2.65. The van der Waals surface area contributed by atoms with Gasteiger partial charge in [0.05, 0.1) is 24.3 Å². The maximum Gasteiger partial charge on any atom is 0.418 e. The Hall–Kier alpha value is -1.77. The molecular formula is C12H13F5N2O2. The number of carbonyl (C=O) groups is 1. The van der Waals surface area contributed by atoms with Crippen molar-refractivity contribution in [3.05, 3.63) is 28.6 Å². The Morgan fingerprint density at radius 1 is 1.43 bits per heavy atom. The van der Waals surface area contributed by atoms with E-state index in [0.717, 1.165) is 0 Å². The molecule has 0 aliphatic carbocycles. The zero-order valence-electron chi connectivity index (χ0n) is 11.0. The highest BCUT2D eigenvalue weighted by Gasteiger charge is 2.37. The van der Waals surface area contributed by atoms with E-state index >= 15 is 0 Å². The van der Waals surface area contributed by atoms with E-state index in [9.17, 15) is 26.7 Å². The van der Waals surface area contributed by atoms with Crippen LogP contribution in [0.5, 0.6) is 0 Å². The maximum atomic E-state index is 13.1. The molecule has 9 heteroatoms. The highest BCUT2D eigenvalue weighted by Crippen LogP contribution is 2.37. The van der Waals surface area contributed by atoms with E-state index < -0.39 is 48.2 Å². The summed E-state index contributed by atoms with van der Waals surface area (Å²) < 4.78 is 69.3. The average molecular weight is 312 g/mol. The van der Waals surface area contributed by atoms with Crippen LogP contribution in [0.25, 0.3) is 0 Å². The molecule has 0 bridgehead atoms. The summed E-state index contributed by atoms with van der Waals surface area (Å²) in [6.07, 6.45) is -8.66. The van der Waals surface area contributed by atoms with Crippen molar-refractivity contribution in [2.45, 2.75) is 32.5 Å². The van der Waals surface area contributed by atoms with Crippen LogP contribution in [0.3, 0.4) is 0 Å². The summed E-state index contributed by atoms with van der Waals surface area (Å²) >= 11 is 0. The summed E-state index contributed by atoms with van der Waals surface area (Å²) in [6, 6.07) is 0. The summed E-state index contributed by atoms with van der Waals surface area (Å²) in [4.78, 5) is 14.7. The second-order valence-corrected chi connectivity index (χ2v) is 4.00. The van der Waals surface area contributed by atoms with Crippen LogP contribution in [-0.4, -0.2) is 17.6 Å². The lowest BCUT2D eigenvalue weighted by atomic mass is 9.98. The molecule has 0 spiro atoms. The average Bonchev–Trinajstić information content (AvgIpc) is 2.36. The number of alkyl halides is 5. The molecule has 0 amide bonds. The second-order valence-electron chi connectivity index (χ2n) is 4.00. The lowest BCUT2D eigenvalue weighted by Gasteiger charge is -2.18. The van der Waals surface area contributed by atoms with Gasteiger partial charge in [0.25, 0.3) is 6.43 Å². The fourth-order valence-electron chi connectivity index (χ4n) is 1.82. The normalized spacial score (nSPS) is 11.8. The van der Waals surface area contributed by atoms with Gasteiger partial charge in [-0.3, -0.25) is 9.78 Å². The third kappa shape index (κ3) is 4.10. The molecule has 1 aromatic rings. The second kappa shape index (κ2) is 6.79. The largest absolute Gasteiger partial charge is 0.466 e. The van der Waals surface area contributed by atoms with E-state index in [-0.39, 0.29) is 12.3 Å². The monoisotopic (exact) mass is 312 g/mol. The zero-order valence-corrected chi connectivity index (χ0v) is 11.0. The molecule has 1 aromatic heterocycles. The van der Waals surface area contributed by atoms with Crippen molar-refractivity contribution in [1.82, 2.24) is 4.98 Å². The summed E-state index contributed by atoms with van der Waals surface area (Å²) in [5.74, 6) is -1.03. The summed E-state index contributed by atoms with van der Waals surface area (Å²) in [7, 11) is 0. The highest BCUT2D eigenvalue weighted by atomic mass is 19.4. The Morgan fingerprint density at radius 3 is 2.48 bits per heavy atom. The SMILES string of the molecule is CCOC(=O)Cc1c(C(F)(F)F)cnc(CN)c1C(F)F. The zero-order chi connectivity index (χ0) is 16.2. The Morgan fingerprint density at radius 2 is 2.05 bits per heavy atom. The fourth-order valence-corrected chi connectivity index (χ4v) is 1.82. The van der Waals surface area contributed by atoms with Gasteiger partial charge >= 0.3 is 12.1 Å². The van der Waals surface area contributed by atoms with Gasteiger partial charge in [-0.05, 0) is 12.5 Å². The van der Waals surface area contributed by atoms with Crippen LogP contribution in [0.15, 0.2) is 6.20 Å². The van der Waals surface area contributed by atoms with E-state index in [0.29, 0.717) is 6.20 Å². The molecule has 2 N–H and O–H groups in total. The van der Waals surface area contributed by atoms with E-state index in [1.54, 1.807) is 0 Å². The van der Waals surface area contributed by atoms with Gasteiger partial charge in [0, 0.05) is 18.3 Å². The lowest BCUT2D eigenvalue weighted by molar-refractivity contribution is -0.143. The summed E-state index contributed by atoms with van der Waals surface area (Å²) in [6.45, 7) is 0.918. The molecule has 4 nitrogen and oxygen atoms in total. The first-order valence-electron chi connectivity index (χ1n) is 5.94. The van der Waals surface area contributed by atoms with E-state index in [2.05, 4.69) is 9.72 Å². The van der Waals surface area contributed by atoms with Crippen LogP contribution >= 0.6 is 0 Å². The third-order valence-corrected chi connectivity index (χ3v) is 2.65. The molecule has 1 rings (SSSR count). The van der Waals surface area contributed by atoms with Crippen LogP contribution in [0, 0.1) is 0 Å². The number of aromatic nitrogens is 1. The molecular weight excluding hydrogens is 299 g/mol. The molecule has 118 valence electrons. The number of hydrogen-bond acceptors (Lipinski definition) is 4. The van der Waals surface area contributed by atoms with Crippen molar-refractivity contribution < 1.29 is 31.5 Å². The van der Waals surface area contributed by atoms with Crippen molar-refractivity contribution in [2.75, 3.05) is 6.61 Å². The number of rotatable bonds is 5. The van der Waals surface area contributed by atoms with Crippen LogP contribution in [0.2, 0.25) is 0 Å². The number of nitrogens with zero attached hydrogens (tertiary/aromatic N) is 1. The van der Waals surface area contributed by atoms with Crippen LogP contribution in [0.4, 0.5) is 22.0 Å². The fraction of sp³-hybridized carbons (Fsp3) is 0.500. The molecule has 0 atom stereocenters. The molecule has 0 saturated heterocycles. The highest BCUT2D eigenvalue weighted by molar-refractivity contribution is 5.74. The van der Waals surface area contributed by atoms with Gasteiger partial charge in [0.2, 0.25) is 0 Å². The molecule has 0 aliphatic rings. The first-order valence-corrected chi connectivity index (χ1v) is 5.94. The van der Waals surface area contributed by atoms with Gasteiger partial charge in [-0.1, -0.05) is 0 Å². The van der Waals surface area contributed by atoms with Gasteiger partial charge in [-0.2, -0.15) is 13.2 Å². The standard InChI is InChI=1S/C12H13F5N2O2/c1-2-21-9(20)3-6-7(12(15,16)17)5-19-8(4-18)10(6)11(13)14/h5,11H,2-4,18H2,1H3. The van der Waals surface area contributed by atoms with Gasteiger partial charge in [0.1, 0.15) is 0 Å². The minimum absolute atomic E-state index is 0.0704. The number of nitrogens with two attached hydrogens (primary N) is 1. The number of ether oxygens (including phenoxy) is 1. The van der Waals surface area contributed by atoms with Crippen molar-refractivity contribution in [2.24, 2.45) is 5.73 Å². The van der Waals surface area contributed by atoms with Crippen LogP contribution < -0.4 is 5.73 Å². The molecule has 21 heavy (non-hydrogen) atoms. The molecule has 0 saturated carbocycles. The minimum Gasteiger partial charge on any atom is -0.466 e. The Labute approximate surface area is 117 Å². The quantitative estimate of drug-likeness (QED) is 0.670. The number of hydrogen-bond donors (Lipinski definition) is 1. The molecule has 0 radical (unpaired) electrons. The van der Waals surface area contributed by atoms with Gasteiger partial charge in [0.15, 0.2) is 0 Å². The Kier molecular flexibility index (Phi) is 5.59. The predicted molar refractivity (Wildman–Crippen MR) is 62.4 cm³/mol. The van der Waals surface area contributed by atoms with Crippen molar-refractivity contribution >= 4 is 5.97 Å². The Balaban J connectivity index is 3.47. The van der Waals surface area contributed by atoms with E-state index in [4.69, 9.17) is 5.73 Å². The van der Waals surface area contributed by atoms with Gasteiger partial charge in [-0.15, -0.1) is 0 Å². The van der Waals surface area contributed by atoms with E-state index in [1.165, 1.54) is 6.92 Å². The van der Waals surface area contributed by atoms with Crippen LogP contribution in [-0.2, 0) is 28.7 Å². The first-order chi connectivity index (χ1) is 9.72. The topological polar surface area (TPSA) is 65.2 Å². The van der Waals surface area contributed by atoms with E-state index in [1.807, 2.05) is 0 Å². The smallest absolute Gasteiger partial charge is 0.418 e. The molecule has 0 aliphatic heterocycles. The predicted octanol–water partition coefficient (Wildman–Crippen LogP) is 2.60. The van der Waals surface area contributed by atoms with Crippen molar-refractivity contribution in [3.8, 4) is 0 Å². The van der Waals surface area contributed by atoms with Gasteiger partial charge in [-0.25, -0.2) is 8.78 Å². The summed E-state index contributed by atoms with van der Waals surface area (Å²) in [5.41, 5.74) is 1.65. The van der Waals surface area contributed by atoms with Gasteiger partial charge < -0.3 is 10.5 Å². The summed E-state index contributed by atoms with van der Waals surface area (Å²) in [5, 5.41) is 0. The lowest BCUT2D eigenvalue weighted by Crippen LogP contribution is -2.20.